The van der Waals surface area contributed by atoms with Crippen molar-refractivity contribution in [3.05, 3.63) is 57.6 Å². The van der Waals surface area contributed by atoms with Crippen LogP contribution in [0.25, 0.3) is 0 Å². The van der Waals surface area contributed by atoms with E-state index >= 15 is 0 Å². The maximum absolute atomic E-state index is 6.26. The molecule has 0 aliphatic heterocycles. The van der Waals surface area contributed by atoms with Crippen LogP contribution in [0.15, 0.2) is 36.4 Å². The summed E-state index contributed by atoms with van der Waals surface area (Å²) in [5.74, 6) is 1.08. The quantitative estimate of drug-likeness (QED) is 0.893. The number of hydrogen-bond acceptors (Lipinski definition) is 3. The topological polar surface area (TPSA) is 44.5 Å². The summed E-state index contributed by atoms with van der Waals surface area (Å²) < 4.78 is 10.5. The molecule has 0 saturated heterocycles. The molecule has 1 unspecified atom stereocenters. The molecule has 0 bridgehead atoms. The van der Waals surface area contributed by atoms with Crippen molar-refractivity contribution in [2.24, 2.45) is 5.73 Å². The van der Waals surface area contributed by atoms with Gasteiger partial charge in [-0.25, -0.2) is 0 Å². The lowest BCUT2D eigenvalue weighted by Crippen LogP contribution is -2.13. The lowest BCUT2D eigenvalue weighted by Gasteiger charge is -2.16. The Morgan fingerprint density at radius 1 is 1.10 bits per heavy atom. The molecule has 0 aliphatic rings. The Labute approximate surface area is 134 Å². The van der Waals surface area contributed by atoms with E-state index in [1.807, 2.05) is 30.3 Å². The van der Waals surface area contributed by atoms with Crippen LogP contribution in [-0.4, -0.2) is 14.2 Å². The summed E-state index contributed by atoms with van der Waals surface area (Å²) in [6.45, 7) is 0. The van der Waals surface area contributed by atoms with Crippen molar-refractivity contribution in [2.75, 3.05) is 14.2 Å². The smallest absolute Gasteiger partial charge is 0.179 e. The van der Waals surface area contributed by atoms with Gasteiger partial charge in [-0.15, -0.1) is 0 Å². The molecule has 1 atom stereocenters. The van der Waals surface area contributed by atoms with Crippen LogP contribution in [0, 0.1) is 0 Å². The van der Waals surface area contributed by atoms with Crippen LogP contribution in [0.1, 0.15) is 17.2 Å². The van der Waals surface area contributed by atoms with Gasteiger partial charge in [0.2, 0.25) is 0 Å². The predicted molar refractivity (Wildman–Crippen MR) is 86.6 cm³/mol. The van der Waals surface area contributed by atoms with Gasteiger partial charge in [0.15, 0.2) is 11.5 Å². The van der Waals surface area contributed by atoms with Crippen molar-refractivity contribution in [1.29, 1.82) is 0 Å². The standard InChI is InChI=1S/C16H17Cl2NO2/c1-20-15-9-11(8-13(18)16(15)21-2)14(19)7-10-4-3-5-12(17)6-10/h3-6,8-9,14H,7,19H2,1-2H3. The van der Waals surface area contributed by atoms with Crippen molar-refractivity contribution in [3.8, 4) is 11.5 Å². The van der Waals surface area contributed by atoms with Crippen molar-refractivity contribution >= 4 is 23.2 Å². The highest BCUT2D eigenvalue weighted by atomic mass is 35.5. The summed E-state index contributed by atoms with van der Waals surface area (Å²) in [6, 6.07) is 11.1. The van der Waals surface area contributed by atoms with E-state index < -0.39 is 0 Å². The average Bonchev–Trinajstić information content (AvgIpc) is 2.46. The van der Waals surface area contributed by atoms with Gasteiger partial charge in [0, 0.05) is 11.1 Å². The third kappa shape index (κ3) is 3.82. The Morgan fingerprint density at radius 2 is 1.86 bits per heavy atom. The lowest BCUT2D eigenvalue weighted by atomic mass is 9.99. The fourth-order valence-corrected chi connectivity index (χ4v) is 2.70. The fraction of sp³-hybridized carbons (Fsp3) is 0.250. The van der Waals surface area contributed by atoms with Crippen LogP contribution in [0.4, 0.5) is 0 Å². The first-order valence-electron chi connectivity index (χ1n) is 6.46. The zero-order valence-corrected chi connectivity index (χ0v) is 13.4. The molecule has 112 valence electrons. The molecular weight excluding hydrogens is 309 g/mol. The van der Waals surface area contributed by atoms with Gasteiger partial charge in [-0.1, -0.05) is 35.3 Å². The van der Waals surface area contributed by atoms with Crippen LogP contribution in [0.5, 0.6) is 11.5 Å². The minimum absolute atomic E-state index is 0.208. The van der Waals surface area contributed by atoms with Crippen molar-refractivity contribution in [3.63, 3.8) is 0 Å². The van der Waals surface area contributed by atoms with Crippen LogP contribution < -0.4 is 15.2 Å². The summed E-state index contributed by atoms with van der Waals surface area (Å²) in [4.78, 5) is 0. The molecule has 0 aliphatic carbocycles. The molecular formula is C16H17Cl2NO2. The first-order valence-corrected chi connectivity index (χ1v) is 7.22. The zero-order chi connectivity index (χ0) is 15.4. The second-order valence-corrected chi connectivity index (χ2v) is 5.52. The Hall–Kier alpha value is -1.42. The Kier molecular flexibility index (Phi) is 5.34. The van der Waals surface area contributed by atoms with E-state index in [-0.39, 0.29) is 6.04 Å². The summed E-state index contributed by atoms with van der Waals surface area (Å²) in [5.41, 5.74) is 8.22. The normalized spacial score (nSPS) is 12.0. The number of benzene rings is 2. The van der Waals surface area contributed by atoms with Gasteiger partial charge in [0.1, 0.15) is 0 Å². The van der Waals surface area contributed by atoms with E-state index in [4.69, 9.17) is 38.4 Å². The minimum Gasteiger partial charge on any atom is -0.493 e. The molecule has 3 nitrogen and oxygen atoms in total. The maximum Gasteiger partial charge on any atom is 0.179 e. The Bertz CT molecular complexity index is 632. The molecule has 5 heteroatoms. The van der Waals surface area contributed by atoms with E-state index in [1.54, 1.807) is 20.3 Å². The third-order valence-corrected chi connectivity index (χ3v) is 3.74. The molecule has 0 heterocycles. The number of methoxy groups -OCH3 is 2. The van der Waals surface area contributed by atoms with Crippen molar-refractivity contribution in [2.45, 2.75) is 12.5 Å². The molecule has 0 spiro atoms. The van der Waals surface area contributed by atoms with E-state index in [1.165, 1.54) is 0 Å². The van der Waals surface area contributed by atoms with Gasteiger partial charge < -0.3 is 15.2 Å². The van der Waals surface area contributed by atoms with Gasteiger partial charge in [0.25, 0.3) is 0 Å². The van der Waals surface area contributed by atoms with Crippen LogP contribution in [0.3, 0.4) is 0 Å². The molecule has 21 heavy (non-hydrogen) atoms. The highest BCUT2D eigenvalue weighted by molar-refractivity contribution is 6.32. The summed E-state index contributed by atoms with van der Waals surface area (Å²) in [6.07, 6.45) is 0.659. The molecule has 2 N–H and O–H groups in total. The highest BCUT2D eigenvalue weighted by Crippen LogP contribution is 2.37. The molecule has 2 aromatic rings. The van der Waals surface area contributed by atoms with Crippen molar-refractivity contribution in [1.82, 2.24) is 0 Å². The number of hydrogen-bond donors (Lipinski definition) is 1. The van der Waals surface area contributed by atoms with Crippen molar-refractivity contribution < 1.29 is 9.47 Å². The fourth-order valence-electron chi connectivity index (χ4n) is 2.19. The van der Waals surface area contributed by atoms with Gasteiger partial charge in [-0.2, -0.15) is 0 Å². The van der Waals surface area contributed by atoms with Gasteiger partial charge in [0.05, 0.1) is 19.2 Å². The van der Waals surface area contributed by atoms with Gasteiger partial charge >= 0.3 is 0 Å². The molecule has 0 aromatic heterocycles. The molecule has 0 saturated carbocycles. The molecule has 2 aromatic carbocycles. The summed E-state index contributed by atoms with van der Waals surface area (Å²) in [5, 5.41) is 1.18. The maximum atomic E-state index is 6.26. The van der Waals surface area contributed by atoms with E-state index in [9.17, 15) is 0 Å². The van der Waals surface area contributed by atoms with Crippen LogP contribution in [0.2, 0.25) is 10.0 Å². The first-order chi connectivity index (χ1) is 10.0. The number of halogens is 2. The number of ether oxygens (including phenoxy) is 2. The monoisotopic (exact) mass is 325 g/mol. The number of nitrogens with two attached hydrogens (primary N) is 1. The van der Waals surface area contributed by atoms with Gasteiger partial charge in [-0.05, 0) is 41.8 Å². The average molecular weight is 326 g/mol. The SMILES string of the molecule is COc1cc(C(N)Cc2cccc(Cl)c2)cc(Cl)c1OC. The predicted octanol–water partition coefficient (Wildman–Crippen LogP) is 4.25. The van der Waals surface area contributed by atoms with E-state index in [0.717, 1.165) is 11.1 Å². The second kappa shape index (κ2) is 7.03. The third-order valence-electron chi connectivity index (χ3n) is 3.23. The Morgan fingerprint density at radius 3 is 2.48 bits per heavy atom. The molecule has 2 rings (SSSR count). The largest absolute Gasteiger partial charge is 0.493 e. The molecule has 0 amide bonds. The summed E-state index contributed by atoms with van der Waals surface area (Å²) >= 11 is 12.2. The second-order valence-electron chi connectivity index (χ2n) is 4.68. The highest BCUT2D eigenvalue weighted by Gasteiger charge is 2.15. The van der Waals surface area contributed by atoms with Crippen LogP contribution in [-0.2, 0) is 6.42 Å². The zero-order valence-electron chi connectivity index (χ0n) is 11.9. The molecule has 0 fully saturated rings. The summed E-state index contributed by atoms with van der Waals surface area (Å²) in [7, 11) is 3.12. The van der Waals surface area contributed by atoms with E-state index in [0.29, 0.717) is 28.0 Å². The van der Waals surface area contributed by atoms with Crippen LogP contribution >= 0.6 is 23.2 Å². The lowest BCUT2D eigenvalue weighted by molar-refractivity contribution is 0.354. The number of rotatable bonds is 5. The van der Waals surface area contributed by atoms with E-state index in [2.05, 4.69) is 0 Å². The van der Waals surface area contributed by atoms with Gasteiger partial charge in [-0.3, -0.25) is 0 Å². The first kappa shape index (κ1) is 16.0. The minimum atomic E-state index is -0.208. The molecule has 0 radical (unpaired) electrons. The Balaban J connectivity index is 2.27.